The number of hydrogen-bond acceptors (Lipinski definition) is 4. The van der Waals surface area contributed by atoms with Crippen molar-refractivity contribution in [2.24, 2.45) is 0 Å². The van der Waals surface area contributed by atoms with E-state index in [-0.39, 0.29) is 35.0 Å². The average Bonchev–Trinajstić information content (AvgIpc) is 2.72. The molecule has 0 spiro atoms. The SMILES string of the molecule is CC[C@H]1C[C@@](O)(C(F)(F)F)[C@@H](Nc2cccc3c2C=CC[N+]3=O)c2ccc(Cl)c(O)c21. The van der Waals surface area contributed by atoms with E-state index >= 15 is 0 Å². The molecule has 1 heterocycles. The summed E-state index contributed by atoms with van der Waals surface area (Å²) in [7, 11) is 0. The summed E-state index contributed by atoms with van der Waals surface area (Å²) in [6, 6.07) is 5.81. The van der Waals surface area contributed by atoms with E-state index in [1.807, 2.05) is 0 Å². The van der Waals surface area contributed by atoms with Gasteiger partial charge in [0, 0.05) is 27.0 Å². The average molecular weight is 454 g/mol. The molecule has 2 aliphatic rings. The zero-order valence-corrected chi connectivity index (χ0v) is 17.3. The lowest BCUT2D eigenvalue weighted by molar-refractivity contribution is -0.452. The summed E-state index contributed by atoms with van der Waals surface area (Å²) in [6.07, 6.45) is -2.02. The van der Waals surface area contributed by atoms with Crippen molar-refractivity contribution in [3.05, 3.63) is 63.0 Å². The summed E-state index contributed by atoms with van der Waals surface area (Å²) in [5.41, 5.74) is -1.64. The first-order chi connectivity index (χ1) is 14.6. The molecule has 1 aliphatic carbocycles. The number of phenols is 1. The van der Waals surface area contributed by atoms with Gasteiger partial charge in [0.1, 0.15) is 5.75 Å². The highest BCUT2D eigenvalue weighted by atomic mass is 35.5. The lowest BCUT2D eigenvalue weighted by Gasteiger charge is -2.46. The standard InChI is InChI=1S/C22H20ClF3N2O3/c1-2-12-11-21(30,22(24,25)26)20(14-8-9-15(23)19(29)18(12)14)27-16-6-3-7-17-13(16)5-4-10-28(17)31/h3-9,12,20,27,30H,2,10-11H2,1H3/p+1/t12-,20-,21-/m0/s1. The Morgan fingerprint density at radius 1 is 1.29 bits per heavy atom. The van der Waals surface area contributed by atoms with Crippen molar-refractivity contribution < 1.29 is 28.1 Å². The fourth-order valence-corrected chi connectivity index (χ4v) is 4.71. The minimum atomic E-state index is -4.94. The summed E-state index contributed by atoms with van der Waals surface area (Å²) >= 11 is 6.04. The summed E-state index contributed by atoms with van der Waals surface area (Å²) in [5.74, 6) is -1.01. The highest BCUT2D eigenvalue weighted by Crippen LogP contribution is 2.56. The van der Waals surface area contributed by atoms with Crippen LogP contribution < -0.4 is 5.32 Å². The number of benzene rings is 2. The maximum absolute atomic E-state index is 14.2. The Kier molecular flexibility index (Phi) is 5.26. The number of hydrogen-bond donors (Lipinski definition) is 3. The second-order valence-electron chi connectivity index (χ2n) is 7.91. The molecule has 0 unspecified atom stereocenters. The van der Waals surface area contributed by atoms with Crippen LogP contribution in [0.4, 0.5) is 24.5 Å². The van der Waals surface area contributed by atoms with Crippen LogP contribution in [0.5, 0.6) is 5.75 Å². The molecule has 1 aliphatic heterocycles. The molecule has 0 bridgehead atoms. The lowest BCUT2D eigenvalue weighted by atomic mass is 9.69. The van der Waals surface area contributed by atoms with Gasteiger partial charge in [-0.25, -0.2) is 0 Å². The number of nitrogens with zero attached hydrogens (tertiary/aromatic N) is 1. The van der Waals surface area contributed by atoms with Gasteiger partial charge in [-0.15, -0.1) is 0 Å². The highest BCUT2D eigenvalue weighted by Gasteiger charge is 2.62. The summed E-state index contributed by atoms with van der Waals surface area (Å²) in [4.78, 5) is 12.1. The van der Waals surface area contributed by atoms with Crippen LogP contribution in [0, 0.1) is 4.91 Å². The van der Waals surface area contributed by atoms with Crippen molar-refractivity contribution in [3.63, 3.8) is 0 Å². The van der Waals surface area contributed by atoms with Gasteiger partial charge in [0.05, 0.1) is 16.6 Å². The van der Waals surface area contributed by atoms with E-state index in [4.69, 9.17) is 11.6 Å². The van der Waals surface area contributed by atoms with Gasteiger partial charge in [0.2, 0.25) is 6.54 Å². The molecular formula is C22H21ClF3N2O3+. The number of aliphatic hydroxyl groups is 1. The molecule has 0 aromatic heterocycles. The van der Waals surface area contributed by atoms with E-state index in [0.717, 1.165) is 4.76 Å². The minimum absolute atomic E-state index is 0.0374. The van der Waals surface area contributed by atoms with Gasteiger partial charge in [0.25, 0.3) is 5.69 Å². The van der Waals surface area contributed by atoms with Gasteiger partial charge in [0.15, 0.2) is 5.60 Å². The van der Waals surface area contributed by atoms with Gasteiger partial charge < -0.3 is 15.5 Å². The van der Waals surface area contributed by atoms with Crippen LogP contribution in [0.15, 0.2) is 36.4 Å². The first-order valence-electron chi connectivity index (χ1n) is 9.89. The third kappa shape index (κ3) is 3.38. The van der Waals surface area contributed by atoms with Crippen molar-refractivity contribution in [2.75, 3.05) is 11.9 Å². The Morgan fingerprint density at radius 3 is 2.71 bits per heavy atom. The number of phenolic OH excluding ortho intramolecular Hbond substituents is 1. The summed E-state index contributed by atoms with van der Waals surface area (Å²) < 4.78 is 43.4. The fourth-order valence-electron chi connectivity index (χ4n) is 4.55. The van der Waals surface area contributed by atoms with E-state index in [1.165, 1.54) is 12.1 Å². The second-order valence-corrected chi connectivity index (χ2v) is 8.32. The normalized spacial score (nSPS) is 25.2. The van der Waals surface area contributed by atoms with Crippen molar-refractivity contribution >= 4 is 29.1 Å². The van der Waals surface area contributed by atoms with Crippen molar-refractivity contribution in [1.29, 1.82) is 0 Å². The van der Waals surface area contributed by atoms with Crippen LogP contribution >= 0.6 is 11.6 Å². The first-order valence-corrected chi connectivity index (χ1v) is 10.3. The molecule has 164 valence electrons. The third-order valence-electron chi connectivity index (χ3n) is 6.15. The molecule has 9 heteroatoms. The number of fused-ring (bicyclic) bond motifs is 2. The molecule has 4 rings (SSSR count). The van der Waals surface area contributed by atoms with E-state index in [9.17, 15) is 28.3 Å². The molecule has 0 saturated heterocycles. The Morgan fingerprint density at radius 2 is 2.03 bits per heavy atom. The molecule has 0 radical (unpaired) electrons. The number of anilines is 1. The van der Waals surface area contributed by atoms with E-state index in [0.29, 0.717) is 16.8 Å². The zero-order chi connectivity index (χ0) is 22.6. The molecule has 2 aromatic carbocycles. The monoisotopic (exact) mass is 453 g/mol. The predicted octanol–water partition coefficient (Wildman–Crippen LogP) is 5.83. The van der Waals surface area contributed by atoms with Crippen LogP contribution in [-0.4, -0.2) is 33.3 Å². The number of nitroso groups, excluding NO2 is 1. The zero-order valence-electron chi connectivity index (χ0n) is 16.6. The van der Waals surface area contributed by atoms with Crippen LogP contribution in [0.1, 0.15) is 48.4 Å². The van der Waals surface area contributed by atoms with Crippen molar-refractivity contribution in [1.82, 2.24) is 0 Å². The minimum Gasteiger partial charge on any atom is -0.506 e. The molecule has 3 atom stereocenters. The van der Waals surface area contributed by atoms with Gasteiger partial charge in [-0.1, -0.05) is 30.7 Å². The third-order valence-corrected chi connectivity index (χ3v) is 6.45. The van der Waals surface area contributed by atoms with Gasteiger partial charge in [-0.2, -0.15) is 13.2 Å². The molecule has 5 nitrogen and oxygen atoms in total. The van der Waals surface area contributed by atoms with Crippen molar-refractivity contribution in [3.8, 4) is 5.75 Å². The predicted molar refractivity (Wildman–Crippen MR) is 112 cm³/mol. The quantitative estimate of drug-likeness (QED) is 0.511. The number of alkyl halides is 3. The maximum Gasteiger partial charge on any atom is 0.419 e. The lowest BCUT2D eigenvalue weighted by Crippen LogP contribution is -2.55. The van der Waals surface area contributed by atoms with Crippen LogP contribution in [0.25, 0.3) is 6.08 Å². The number of rotatable bonds is 3. The molecule has 0 amide bonds. The van der Waals surface area contributed by atoms with E-state index in [2.05, 4.69) is 5.32 Å². The van der Waals surface area contributed by atoms with Crippen LogP contribution in [0.3, 0.4) is 0 Å². The van der Waals surface area contributed by atoms with Crippen LogP contribution in [-0.2, 0) is 0 Å². The van der Waals surface area contributed by atoms with Crippen LogP contribution in [0.2, 0.25) is 5.02 Å². The maximum atomic E-state index is 14.2. The molecular weight excluding hydrogens is 433 g/mol. The Labute approximate surface area is 181 Å². The fraction of sp³-hybridized carbons (Fsp3) is 0.364. The number of halogens is 4. The van der Waals surface area contributed by atoms with Gasteiger partial charge >= 0.3 is 6.18 Å². The van der Waals surface area contributed by atoms with Crippen molar-refractivity contribution in [2.45, 2.75) is 43.5 Å². The van der Waals surface area contributed by atoms with Gasteiger partial charge in [-0.3, -0.25) is 0 Å². The highest BCUT2D eigenvalue weighted by molar-refractivity contribution is 6.32. The number of aromatic hydroxyl groups is 1. The van der Waals surface area contributed by atoms with E-state index < -0.39 is 30.2 Å². The summed E-state index contributed by atoms with van der Waals surface area (Å²) in [6.45, 7) is 1.83. The smallest absolute Gasteiger partial charge is 0.419 e. The Balaban J connectivity index is 1.91. The molecule has 0 fully saturated rings. The molecule has 31 heavy (non-hydrogen) atoms. The Bertz CT molecular complexity index is 1090. The Hall–Kier alpha value is -2.58. The topological polar surface area (TPSA) is 72.6 Å². The molecule has 3 N–H and O–H groups in total. The first kappa shape index (κ1) is 21.6. The number of nitrogens with one attached hydrogen (secondary N) is 1. The van der Waals surface area contributed by atoms with E-state index in [1.54, 1.807) is 37.3 Å². The largest absolute Gasteiger partial charge is 0.506 e. The summed E-state index contributed by atoms with van der Waals surface area (Å²) in [5, 5.41) is 24.4. The van der Waals surface area contributed by atoms with Gasteiger partial charge in [-0.05, 0) is 48.6 Å². The second kappa shape index (κ2) is 7.53. The molecule has 0 saturated carbocycles. The molecule has 2 aromatic rings.